The Hall–Kier alpha value is -0.860. The maximum atomic E-state index is 4.49. The van der Waals surface area contributed by atoms with Crippen LogP contribution in [0.15, 0.2) is 9.98 Å². The molecule has 0 spiro atoms. The van der Waals surface area contributed by atoms with Crippen LogP contribution in [-0.2, 0) is 0 Å². The van der Waals surface area contributed by atoms with Crippen molar-refractivity contribution in [3.63, 3.8) is 0 Å². The first-order valence-electron chi connectivity index (χ1n) is 5.07. The van der Waals surface area contributed by atoms with Gasteiger partial charge in [-0.25, -0.2) is 4.99 Å². The molecule has 0 saturated carbocycles. The Labute approximate surface area is 86.9 Å². The molecule has 0 N–H and O–H groups in total. The van der Waals surface area contributed by atoms with Crippen molar-refractivity contribution in [1.82, 2.24) is 4.90 Å². The summed E-state index contributed by atoms with van der Waals surface area (Å²) in [6.07, 6.45) is 1.91. The molecule has 0 unspecified atom stereocenters. The number of nitrogens with zero attached hydrogens (tertiary/aromatic N) is 3. The van der Waals surface area contributed by atoms with E-state index >= 15 is 0 Å². The van der Waals surface area contributed by atoms with Gasteiger partial charge in [-0.3, -0.25) is 4.99 Å². The zero-order valence-corrected chi connectivity index (χ0v) is 10.1. The van der Waals surface area contributed by atoms with Crippen LogP contribution in [0.25, 0.3) is 0 Å². The van der Waals surface area contributed by atoms with Crippen LogP contribution in [0.3, 0.4) is 0 Å². The Morgan fingerprint density at radius 1 is 1.14 bits per heavy atom. The molecule has 1 rings (SSSR count). The number of rotatable bonds is 0. The van der Waals surface area contributed by atoms with E-state index in [1.165, 1.54) is 0 Å². The predicted molar refractivity (Wildman–Crippen MR) is 61.8 cm³/mol. The third-order valence-electron chi connectivity index (χ3n) is 2.12. The zero-order chi connectivity index (χ0) is 11.0. The monoisotopic (exact) mass is 195 g/mol. The van der Waals surface area contributed by atoms with Gasteiger partial charge in [0.05, 0.1) is 6.34 Å². The van der Waals surface area contributed by atoms with E-state index in [-0.39, 0.29) is 11.0 Å². The van der Waals surface area contributed by atoms with Crippen molar-refractivity contribution in [2.75, 3.05) is 6.67 Å². The molecule has 0 aromatic heterocycles. The lowest BCUT2D eigenvalue weighted by Crippen LogP contribution is -2.50. The van der Waals surface area contributed by atoms with Crippen LogP contribution in [-0.4, -0.2) is 29.3 Å². The quantitative estimate of drug-likeness (QED) is 0.583. The molecule has 0 aromatic carbocycles. The second kappa shape index (κ2) is 3.37. The molecule has 0 saturated heterocycles. The Bertz CT molecular complexity index is 263. The molecule has 0 atom stereocenters. The van der Waals surface area contributed by atoms with Crippen LogP contribution in [0.1, 0.15) is 41.5 Å². The van der Waals surface area contributed by atoms with Crippen LogP contribution in [0.2, 0.25) is 0 Å². The van der Waals surface area contributed by atoms with E-state index in [9.17, 15) is 0 Å². The Morgan fingerprint density at radius 3 is 2.07 bits per heavy atom. The lowest BCUT2D eigenvalue weighted by Gasteiger charge is -2.40. The fourth-order valence-electron chi connectivity index (χ4n) is 1.45. The van der Waals surface area contributed by atoms with E-state index in [1.807, 2.05) is 6.34 Å². The molecule has 1 aliphatic rings. The minimum atomic E-state index is 0.0516. The van der Waals surface area contributed by atoms with Gasteiger partial charge in [-0.15, -0.1) is 0 Å². The van der Waals surface area contributed by atoms with E-state index in [0.717, 1.165) is 5.84 Å². The molecule has 1 heterocycles. The second-order valence-corrected chi connectivity index (χ2v) is 5.71. The number of hydrogen-bond donors (Lipinski definition) is 0. The van der Waals surface area contributed by atoms with Gasteiger partial charge in [0.15, 0.2) is 0 Å². The summed E-state index contributed by atoms with van der Waals surface area (Å²) in [4.78, 5) is 10.9. The molecule has 0 fully saturated rings. The molecular formula is C11H21N3. The fraction of sp³-hybridized carbons (Fsp3) is 0.818. The van der Waals surface area contributed by atoms with Gasteiger partial charge in [-0.2, -0.15) is 0 Å². The van der Waals surface area contributed by atoms with Gasteiger partial charge in [0.1, 0.15) is 12.5 Å². The van der Waals surface area contributed by atoms with Gasteiger partial charge in [-0.1, -0.05) is 20.8 Å². The Balaban J connectivity index is 2.99. The first-order valence-corrected chi connectivity index (χ1v) is 5.07. The highest BCUT2D eigenvalue weighted by Gasteiger charge is 2.31. The maximum Gasteiger partial charge on any atom is 0.133 e. The van der Waals surface area contributed by atoms with Crippen molar-refractivity contribution < 1.29 is 0 Å². The van der Waals surface area contributed by atoms with Gasteiger partial charge in [0.25, 0.3) is 0 Å². The van der Waals surface area contributed by atoms with Crippen molar-refractivity contribution in [2.45, 2.75) is 47.1 Å². The van der Waals surface area contributed by atoms with Crippen LogP contribution in [0, 0.1) is 5.41 Å². The first kappa shape index (κ1) is 11.2. The smallest absolute Gasteiger partial charge is 0.133 e. The second-order valence-electron chi connectivity index (χ2n) is 5.71. The molecule has 0 aromatic rings. The largest absolute Gasteiger partial charge is 0.315 e. The van der Waals surface area contributed by atoms with Gasteiger partial charge < -0.3 is 4.90 Å². The number of aliphatic imine (C=N–C) groups is 2. The van der Waals surface area contributed by atoms with Crippen LogP contribution in [0.5, 0.6) is 0 Å². The summed E-state index contributed by atoms with van der Waals surface area (Å²) in [5.41, 5.74) is 0.135. The van der Waals surface area contributed by atoms with E-state index in [1.54, 1.807) is 0 Å². The van der Waals surface area contributed by atoms with Crippen molar-refractivity contribution in [1.29, 1.82) is 0 Å². The summed E-state index contributed by atoms with van der Waals surface area (Å²) >= 11 is 0. The first-order chi connectivity index (χ1) is 6.23. The van der Waals surface area contributed by atoms with Crippen LogP contribution >= 0.6 is 0 Å². The van der Waals surface area contributed by atoms with Gasteiger partial charge in [0, 0.05) is 11.0 Å². The normalized spacial score (nSPS) is 18.4. The summed E-state index contributed by atoms with van der Waals surface area (Å²) in [6, 6.07) is 0. The molecule has 3 nitrogen and oxygen atoms in total. The number of hydrogen-bond acceptors (Lipinski definition) is 3. The zero-order valence-electron chi connectivity index (χ0n) is 10.1. The molecule has 0 amide bonds. The van der Waals surface area contributed by atoms with E-state index in [4.69, 9.17) is 0 Å². The molecule has 0 aliphatic carbocycles. The molecule has 0 bridgehead atoms. The highest BCUT2D eigenvalue weighted by Crippen LogP contribution is 2.25. The third-order valence-corrected chi connectivity index (χ3v) is 2.12. The summed E-state index contributed by atoms with van der Waals surface area (Å²) in [6.45, 7) is 13.6. The Morgan fingerprint density at radius 2 is 1.71 bits per heavy atom. The molecule has 3 heteroatoms. The fourth-order valence-corrected chi connectivity index (χ4v) is 1.45. The molecule has 1 aliphatic heterocycles. The van der Waals surface area contributed by atoms with Gasteiger partial charge in [0.2, 0.25) is 0 Å². The molecule has 80 valence electrons. The summed E-state index contributed by atoms with van der Waals surface area (Å²) in [5.74, 6) is 1.13. The van der Waals surface area contributed by atoms with E-state index in [2.05, 4.69) is 56.4 Å². The average molecular weight is 195 g/mol. The van der Waals surface area contributed by atoms with Crippen molar-refractivity contribution >= 4 is 12.2 Å². The third kappa shape index (κ3) is 2.34. The summed E-state index contributed by atoms with van der Waals surface area (Å²) < 4.78 is 0. The van der Waals surface area contributed by atoms with E-state index in [0.29, 0.717) is 6.67 Å². The van der Waals surface area contributed by atoms with Gasteiger partial charge in [-0.05, 0) is 20.8 Å². The lowest BCUT2D eigenvalue weighted by molar-refractivity contribution is 0.316. The highest BCUT2D eigenvalue weighted by atomic mass is 15.3. The Kier molecular flexibility index (Phi) is 2.70. The van der Waals surface area contributed by atoms with E-state index < -0.39 is 0 Å². The van der Waals surface area contributed by atoms with Crippen LogP contribution in [0.4, 0.5) is 0 Å². The topological polar surface area (TPSA) is 28.0 Å². The summed E-state index contributed by atoms with van der Waals surface area (Å²) in [5, 5.41) is 0. The maximum absolute atomic E-state index is 4.49. The molecule has 0 radical (unpaired) electrons. The SMILES string of the molecule is CC(C)(C)C1=NCN=CN1C(C)(C)C. The minimum absolute atomic E-state index is 0.0516. The summed E-state index contributed by atoms with van der Waals surface area (Å²) in [7, 11) is 0. The lowest BCUT2D eigenvalue weighted by atomic mass is 9.91. The van der Waals surface area contributed by atoms with Crippen LogP contribution < -0.4 is 0 Å². The van der Waals surface area contributed by atoms with Crippen molar-refractivity contribution in [3.8, 4) is 0 Å². The average Bonchev–Trinajstić information content (AvgIpc) is 2.01. The molecule has 14 heavy (non-hydrogen) atoms. The minimum Gasteiger partial charge on any atom is -0.315 e. The van der Waals surface area contributed by atoms with Crippen molar-refractivity contribution in [2.24, 2.45) is 15.4 Å². The number of amidine groups is 1. The van der Waals surface area contributed by atoms with Gasteiger partial charge >= 0.3 is 0 Å². The molecular weight excluding hydrogens is 174 g/mol. The van der Waals surface area contributed by atoms with Crippen molar-refractivity contribution in [3.05, 3.63) is 0 Å². The predicted octanol–water partition coefficient (Wildman–Crippen LogP) is 2.53. The standard InChI is InChI=1S/C11H21N3/c1-10(2,3)9-13-7-12-8-14(9)11(4,5)6/h8H,7H2,1-6H3. The highest BCUT2D eigenvalue weighted by molar-refractivity contribution is 5.97.